The van der Waals surface area contributed by atoms with Crippen molar-refractivity contribution in [3.8, 4) is 0 Å². The molecule has 0 aromatic carbocycles. The molecule has 18 heavy (non-hydrogen) atoms. The van der Waals surface area contributed by atoms with Crippen LogP contribution >= 0.6 is 0 Å². The summed E-state index contributed by atoms with van der Waals surface area (Å²) in [6.07, 6.45) is 4.57. The average molecular weight is 254 g/mol. The Morgan fingerprint density at radius 2 is 1.78 bits per heavy atom. The minimum atomic E-state index is -0.523. The van der Waals surface area contributed by atoms with E-state index in [2.05, 4.69) is 13.8 Å². The zero-order chi connectivity index (χ0) is 14.3. The largest absolute Gasteiger partial charge is 0.392 e. The predicted molar refractivity (Wildman–Crippen MR) is 77.5 cm³/mol. The van der Waals surface area contributed by atoms with E-state index in [0.29, 0.717) is 0 Å². The molecule has 0 heterocycles. The molecule has 0 saturated heterocycles. The summed E-state index contributed by atoms with van der Waals surface area (Å²) in [6, 6.07) is 0. The predicted octanol–water partition coefficient (Wildman–Crippen LogP) is 3.98. The first-order valence-corrected chi connectivity index (χ1v) is 7.24. The zero-order valence-electron chi connectivity index (χ0n) is 12.9. The van der Waals surface area contributed by atoms with E-state index >= 15 is 0 Å². The highest BCUT2D eigenvalue weighted by molar-refractivity contribution is 5.85. The van der Waals surface area contributed by atoms with Gasteiger partial charge in [-0.1, -0.05) is 59.1 Å². The number of aliphatic hydroxyl groups excluding tert-OH is 1. The Bertz CT molecular complexity index is 281. The molecule has 0 rings (SSSR count). The Morgan fingerprint density at radius 1 is 1.22 bits per heavy atom. The van der Waals surface area contributed by atoms with Crippen LogP contribution in [0.5, 0.6) is 0 Å². The van der Waals surface area contributed by atoms with Crippen molar-refractivity contribution >= 4 is 5.78 Å². The molecular weight excluding hydrogens is 224 g/mol. The van der Waals surface area contributed by atoms with Crippen LogP contribution in [-0.4, -0.2) is 17.0 Å². The van der Waals surface area contributed by atoms with Crippen LogP contribution in [0.25, 0.3) is 0 Å². The van der Waals surface area contributed by atoms with Gasteiger partial charge in [-0.15, -0.1) is 0 Å². The molecule has 106 valence electrons. The lowest BCUT2D eigenvalue weighted by molar-refractivity contribution is -0.129. The monoisotopic (exact) mass is 254 g/mol. The molecular formula is C16H30O2. The minimum absolute atomic E-state index is 0.0924. The van der Waals surface area contributed by atoms with E-state index in [9.17, 15) is 9.90 Å². The van der Waals surface area contributed by atoms with Gasteiger partial charge in [0.05, 0.1) is 6.10 Å². The standard InChI is InChI=1S/C16H30O2/c1-7-9-11(3)10-13(5)16(18)14(6)15(17)12(4)8-2/h10,12-15,17H,7-9H2,1-6H3. The summed E-state index contributed by atoms with van der Waals surface area (Å²) < 4.78 is 0. The molecule has 0 aliphatic carbocycles. The van der Waals surface area contributed by atoms with E-state index in [0.717, 1.165) is 19.3 Å². The summed E-state index contributed by atoms with van der Waals surface area (Å²) in [7, 11) is 0. The quantitative estimate of drug-likeness (QED) is 0.665. The first-order valence-electron chi connectivity index (χ1n) is 7.24. The molecule has 1 N–H and O–H groups in total. The van der Waals surface area contributed by atoms with Crippen molar-refractivity contribution in [3.05, 3.63) is 11.6 Å². The van der Waals surface area contributed by atoms with Crippen LogP contribution in [0.1, 0.15) is 60.8 Å². The summed E-state index contributed by atoms with van der Waals surface area (Å²) >= 11 is 0. The van der Waals surface area contributed by atoms with Crippen LogP contribution in [0.2, 0.25) is 0 Å². The number of carbonyl (C=O) groups excluding carboxylic acids is 1. The molecule has 0 aliphatic heterocycles. The van der Waals surface area contributed by atoms with E-state index in [1.54, 1.807) is 0 Å². The van der Waals surface area contributed by atoms with Gasteiger partial charge in [-0.05, 0) is 19.3 Å². The highest BCUT2D eigenvalue weighted by atomic mass is 16.3. The Labute approximate surface area is 112 Å². The molecule has 0 fully saturated rings. The fourth-order valence-corrected chi connectivity index (χ4v) is 2.30. The van der Waals surface area contributed by atoms with E-state index < -0.39 is 6.10 Å². The van der Waals surface area contributed by atoms with E-state index in [1.807, 2.05) is 33.8 Å². The van der Waals surface area contributed by atoms with Crippen molar-refractivity contribution in [1.29, 1.82) is 0 Å². The van der Waals surface area contributed by atoms with Crippen LogP contribution in [0.15, 0.2) is 11.6 Å². The lowest BCUT2D eigenvalue weighted by Crippen LogP contribution is -2.33. The van der Waals surface area contributed by atoms with Crippen LogP contribution < -0.4 is 0 Å². The first kappa shape index (κ1) is 17.4. The van der Waals surface area contributed by atoms with Gasteiger partial charge in [-0.25, -0.2) is 0 Å². The van der Waals surface area contributed by atoms with Crippen LogP contribution in [-0.2, 0) is 4.79 Å². The number of Topliss-reactive ketones (excluding diaryl/α,β-unsaturated/α-hetero) is 1. The fraction of sp³-hybridized carbons (Fsp3) is 0.812. The Balaban J connectivity index is 4.59. The third-order valence-electron chi connectivity index (χ3n) is 3.82. The maximum absolute atomic E-state index is 12.2. The molecule has 4 atom stereocenters. The summed E-state index contributed by atoms with van der Waals surface area (Å²) in [5.74, 6) is -0.0407. The maximum Gasteiger partial charge on any atom is 0.144 e. The van der Waals surface area contributed by atoms with E-state index in [-0.39, 0.29) is 23.5 Å². The topological polar surface area (TPSA) is 37.3 Å². The number of carbonyl (C=O) groups is 1. The highest BCUT2D eigenvalue weighted by Crippen LogP contribution is 2.21. The number of hydrogen-bond donors (Lipinski definition) is 1. The van der Waals surface area contributed by atoms with Crippen molar-refractivity contribution in [1.82, 2.24) is 0 Å². The second-order valence-corrected chi connectivity index (χ2v) is 5.62. The SMILES string of the molecule is CCCC(C)=CC(C)C(=O)C(C)C(O)C(C)CC. The second-order valence-electron chi connectivity index (χ2n) is 5.62. The first-order chi connectivity index (χ1) is 8.34. The van der Waals surface area contributed by atoms with Gasteiger partial charge in [0.1, 0.15) is 5.78 Å². The Kier molecular flexibility index (Phi) is 8.17. The second kappa shape index (κ2) is 8.47. The van der Waals surface area contributed by atoms with Crippen molar-refractivity contribution < 1.29 is 9.90 Å². The third-order valence-corrected chi connectivity index (χ3v) is 3.82. The summed E-state index contributed by atoms with van der Waals surface area (Å²) in [6.45, 7) is 12.0. The highest BCUT2D eigenvalue weighted by Gasteiger charge is 2.28. The number of aliphatic hydroxyl groups is 1. The van der Waals surface area contributed by atoms with Crippen molar-refractivity contribution in [2.24, 2.45) is 17.8 Å². The summed E-state index contributed by atoms with van der Waals surface area (Å²) in [5.41, 5.74) is 1.27. The summed E-state index contributed by atoms with van der Waals surface area (Å²) in [5, 5.41) is 10.1. The molecule has 0 aromatic rings. The Hall–Kier alpha value is -0.630. The van der Waals surface area contributed by atoms with E-state index in [4.69, 9.17) is 0 Å². The molecule has 0 bridgehead atoms. The fourth-order valence-electron chi connectivity index (χ4n) is 2.30. The lowest BCUT2D eigenvalue weighted by Gasteiger charge is -2.24. The van der Waals surface area contributed by atoms with Crippen LogP contribution in [0.4, 0.5) is 0 Å². The number of hydrogen-bond acceptors (Lipinski definition) is 2. The van der Waals surface area contributed by atoms with Gasteiger partial charge in [0, 0.05) is 11.8 Å². The molecule has 0 aromatic heterocycles. The van der Waals surface area contributed by atoms with Crippen LogP contribution in [0.3, 0.4) is 0 Å². The maximum atomic E-state index is 12.2. The molecule has 0 amide bonds. The summed E-state index contributed by atoms with van der Waals surface area (Å²) in [4.78, 5) is 12.2. The van der Waals surface area contributed by atoms with E-state index in [1.165, 1.54) is 5.57 Å². The van der Waals surface area contributed by atoms with Gasteiger partial charge in [0.25, 0.3) is 0 Å². The number of ketones is 1. The molecule has 0 saturated carbocycles. The number of rotatable bonds is 8. The minimum Gasteiger partial charge on any atom is -0.392 e. The average Bonchev–Trinajstić information content (AvgIpc) is 2.35. The third kappa shape index (κ3) is 5.34. The lowest BCUT2D eigenvalue weighted by atomic mass is 9.84. The molecule has 4 unspecified atom stereocenters. The van der Waals surface area contributed by atoms with Gasteiger partial charge in [-0.3, -0.25) is 4.79 Å². The smallest absolute Gasteiger partial charge is 0.144 e. The Morgan fingerprint density at radius 3 is 2.22 bits per heavy atom. The molecule has 0 radical (unpaired) electrons. The van der Waals surface area contributed by atoms with Crippen molar-refractivity contribution in [2.75, 3.05) is 0 Å². The molecule has 0 aliphatic rings. The van der Waals surface area contributed by atoms with Gasteiger partial charge in [0.2, 0.25) is 0 Å². The van der Waals surface area contributed by atoms with Crippen LogP contribution in [0, 0.1) is 17.8 Å². The molecule has 0 spiro atoms. The number of allylic oxidation sites excluding steroid dienone is 2. The van der Waals surface area contributed by atoms with Gasteiger partial charge in [0.15, 0.2) is 0 Å². The van der Waals surface area contributed by atoms with Gasteiger partial charge >= 0.3 is 0 Å². The molecule has 2 nitrogen and oxygen atoms in total. The van der Waals surface area contributed by atoms with Gasteiger partial charge < -0.3 is 5.11 Å². The van der Waals surface area contributed by atoms with Crippen molar-refractivity contribution in [2.45, 2.75) is 66.9 Å². The normalized spacial score (nSPS) is 19.2. The van der Waals surface area contributed by atoms with Crippen molar-refractivity contribution in [3.63, 3.8) is 0 Å². The zero-order valence-corrected chi connectivity index (χ0v) is 12.9. The van der Waals surface area contributed by atoms with Gasteiger partial charge in [-0.2, -0.15) is 0 Å². The molecule has 2 heteroatoms.